The fraction of sp³-hybridized carbons (Fsp3) is 0.350. The number of benzene rings is 1. The molecule has 0 saturated heterocycles. The minimum absolute atomic E-state index is 0. The number of carbonyl (C=O) groups excluding carboxylic acids is 1. The van der Waals surface area contributed by atoms with E-state index in [9.17, 15) is 4.79 Å². The standard InChI is InChI=1S/C20H26N6O.HI/c1-21-20(23-12-14-8-9-22-18(10-14)26(2)3)24-13-15-11-19(27)25-17-7-5-4-6-16(15)17;/h4-10,15H,11-13H2,1-3H3,(H,25,27)(H2,21,23,24);1H. The number of nitrogens with one attached hydrogen (secondary N) is 3. The topological polar surface area (TPSA) is 81.7 Å². The van der Waals surface area contributed by atoms with Crippen molar-refractivity contribution in [1.82, 2.24) is 15.6 Å². The molecule has 28 heavy (non-hydrogen) atoms. The Bertz CT molecular complexity index is 839. The molecular weight excluding hydrogens is 467 g/mol. The van der Waals surface area contributed by atoms with E-state index in [0.717, 1.165) is 22.6 Å². The highest BCUT2D eigenvalue weighted by Crippen LogP contribution is 2.31. The molecule has 150 valence electrons. The summed E-state index contributed by atoms with van der Waals surface area (Å²) in [6.45, 7) is 1.29. The Kier molecular flexibility index (Phi) is 8.04. The van der Waals surface area contributed by atoms with Crippen molar-refractivity contribution in [2.24, 2.45) is 4.99 Å². The van der Waals surface area contributed by atoms with Gasteiger partial charge in [-0.3, -0.25) is 9.79 Å². The summed E-state index contributed by atoms with van der Waals surface area (Å²) in [6.07, 6.45) is 2.28. The predicted octanol–water partition coefficient (Wildman–Crippen LogP) is 2.56. The van der Waals surface area contributed by atoms with Gasteiger partial charge in [0.25, 0.3) is 0 Å². The summed E-state index contributed by atoms with van der Waals surface area (Å²) < 4.78 is 0. The molecule has 0 bridgehead atoms. The number of amides is 1. The Balaban J connectivity index is 0.00000280. The molecule has 0 radical (unpaired) electrons. The monoisotopic (exact) mass is 494 g/mol. The summed E-state index contributed by atoms with van der Waals surface area (Å²) in [4.78, 5) is 22.5. The summed E-state index contributed by atoms with van der Waals surface area (Å²) in [6, 6.07) is 12.0. The number of para-hydroxylation sites is 1. The largest absolute Gasteiger partial charge is 0.363 e. The smallest absolute Gasteiger partial charge is 0.225 e. The van der Waals surface area contributed by atoms with Crippen LogP contribution in [0.5, 0.6) is 0 Å². The summed E-state index contributed by atoms with van der Waals surface area (Å²) in [5, 5.41) is 9.59. The van der Waals surface area contributed by atoms with Gasteiger partial charge in [0.2, 0.25) is 5.91 Å². The lowest BCUT2D eigenvalue weighted by atomic mass is 9.90. The number of rotatable bonds is 5. The third-order valence-electron chi connectivity index (χ3n) is 4.57. The van der Waals surface area contributed by atoms with Gasteiger partial charge in [0, 0.05) is 58.5 Å². The first-order valence-corrected chi connectivity index (χ1v) is 9.02. The molecule has 8 heteroatoms. The van der Waals surface area contributed by atoms with E-state index in [4.69, 9.17) is 0 Å². The zero-order valence-electron chi connectivity index (χ0n) is 16.4. The lowest BCUT2D eigenvalue weighted by molar-refractivity contribution is -0.116. The number of aliphatic imine (C=N–C) groups is 1. The first-order valence-electron chi connectivity index (χ1n) is 9.02. The third kappa shape index (κ3) is 5.57. The van der Waals surface area contributed by atoms with Crippen molar-refractivity contribution < 1.29 is 4.79 Å². The number of anilines is 2. The van der Waals surface area contributed by atoms with E-state index in [-0.39, 0.29) is 35.8 Å². The first kappa shape index (κ1) is 21.9. The van der Waals surface area contributed by atoms with Gasteiger partial charge >= 0.3 is 0 Å². The molecule has 1 aromatic carbocycles. The molecule has 2 aromatic rings. The van der Waals surface area contributed by atoms with Crippen molar-refractivity contribution in [3.05, 3.63) is 53.7 Å². The molecular formula is C20H27IN6O. The molecule has 7 nitrogen and oxygen atoms in total. The van der Waals surface area contributed by atoms with Crippen LogP contribution in [0, 0.1) is 0 Å². The number of hydrogen-bond donors (Lipinski definition) is 3. The maximum Gasteiger partial charge on any atom is 0.225 e. The molecule has 1 unspecified atom stereocenters. The van der Waals surface area contributed by atoms with E-state index in [0.29, 0.717) is 25.5 Å². The fourth-order valence-electron chi connectivity index (χ4n) is 3.13. The van der Waals surface area contributed by atoms with Crippen LogP contribution in [0.1, 0.15) is 23.5 Å². The van der Waals surface area contributed by atoms with E-state index < -0.39 is 0 Å². The molecule has 1 aliphatic heterocycles. The zero-order valence-corrected chi connectivity index (χ0v) is 18.7. The first-order chi connectivity index (χ1) is 13.1. The molecule has 0 spiro atoms. The second-order valence-corrected chi connectivity index (χ2v) is 6.76. The Morgan fingerprint density at radius 1 is 1.29 bits per heavy atom. The van der Waals surface area contributed by atoms with Crippen LogP contribution in [0.15, 0.2) is 47.6 Å². The lowest BCUT2D eigenvalue weighted by Gasteiger charge is -2.26. The van der Waals surface area contributed by atoms with Crippen LogP contribution < -0.4 is 20.9 Å². The van der Waals surface area contributed by atoms with Gasteiger partial charge in [0.15, 0.2) is 5.96 Å². The van der Waals surface area contributed by atoms with E-state index in [1.165, 1.54) is 0 Å². The Labute approximate surface area is 183 Å². The molecule has 1 amide bonds. The van der Waals surface area contributed by atoms with Crippen molar-refractivity contribution in [2.75, 3.05) is 37.9 Å². The minimum atomic E-state index is 0. The highest BCUT2D eigenvalue weighted by molar-refractivity contribution is 14.0. The molecule has 1 aromatic heterocycles. The fourth-order valence-corrected chi connectivity index (χ4v) is 3.13. The van der Waals surface area contributed by atoms with Gasteiger partial charge < -0.3 is 20.9 Å². The van der Waals surface area contributed by atoms with Crippen molar-refractivity contribution >= 4 is 47.3 Å². The second kappa shape index (κ2) is 10.3. The average molecular weight is 494 g/mol. The second-order valence-electron chi connectivity index (χ2n) is 6.76. The summed E-state index contributed by atoms with van der Waals surface area (Å²) in [5.41, 5.74) is 3.18. The van der Waals surface area contributed by atoms with Crippen LogP contribution in [0.2, 0.25) is 0 Å². The van der Waals surface area contributed by atoms with Crippen LogP contribution in [0.3, 0.4) is 0 Å². The predicted molar refractivity (Wildman–Crippen MR) is 125 cm³/mol. The highest BCUT2D eigenvalue weighted by atomic mass is 127. The quantitative estimate of drug-likeness (QED) is 0.338. The Hall–Kier alpha value is -2.36. The SMILES string of the molecule is CN=C(NCc1ccnc(N(C)C)c1)NCC1CC(=O)Nc2ccccc21.I. The molecule has 2 heterocycles. The molecule has 0 aliphatic carbocycles. The van der Waals surface area contributed by atoms with Crippen molar-refractivity contribution in [2.45, 2.75) is 18.9 Å². The van der Waals surface area contributed by atoms with Crippen molar-refractivity contribution in [1.29, 1.82) is 0 Å². The number of pyridine rings is 1. The van der Waals surface area contributed by atoms with Gasteiger partial charge in [0.05, 0.1) is 0 Å². The Morgan fingerprint density at radius 3 is 2.82 bits per heavy atom. The summed E-state index contributed by atoms with van der Waals surface area (Å²) in [7, 11) is 5.69. The van der Waals surface area contributed by atoms with Gasteiger partial charge in [-0.2, -0.15) is 0 Å². The lowest BCUT2D eigenvalue weighted by Crippen LogP contribution is -2.40. The highest BCUT2D eigenvalue weighted by Gasteiger charge is 2.24. The van der Waals surface area contributed by atoms with Gasteiger partial charge in [-0.05, 0) is 29.3 Å². The molecule has 0 saturated carbocycles. The number of hydrogen-bond acceptors (Lipinski definition) is 4. The van der Waals surface area contributed by atoms with E-state index in [1.807, 2.05) is 49.3 Å². The maximum absolute atomic E-state index is 12.0. The molecule has 3 rings (SSSR count). The van der Waals surface area contributed by atoms with Gasteiger partial charge in [-0.15, -0.1) is 24.0 Å². The van der Waals surface area contributed by atoms with Gasteiger partial charge in [-0.25, -0.2) is 4.98 Å². The summed E-state index contributed by atoms with van der Waals surface area (Å²) >= 11 is 0. The van der Waals surface area contributed by atoms with Crippen LogP contribution in [-0.2, 0) is 11.3 Å². The number of aromatic nitrogens is 1. The Morgan fingerprint density at radius 2 is 2.07 bits per heavy atom. The number of halogens is 1. The third-order valence-corrected chi connectivity index (χ3v) is 4.57. The molecule has 3 N–H and O–H groups in total. The summed E-state index contributed by atoms with van der Waals surface area (Å²) in [5.74, 6) is 1.80. The normalized spacial score (nSPS) is 15.8. The van der Waals surface area contributed by atoms with Crippen molar-refractivity contribution in [3.8, 4) is 0 Å². The van der Waals surface area contributed by atoms with Crippen LogP contribution in [0.4, 0.5) is 11.5 Å². The average Bonchev–Trinajstić information content (AvgIpc) is 2.68. The molecule has 1 atom stereocenters. The zero-order chi connectivity index (χ0) is 19.2. The van der Waals surface area contributed by atoms with Gasteiger partial charge in [0.1, 0.15) is 5.82 Å². The van der Waals surface area contributed by atoms with Gasteiger partial charge in [-0.1, -0.05) is 18.2 Å². The van der Waals surface area contributed by atoms with Crippen molar-refractivity contribution in [3.63, 3.8) is 0 Å². The number of carbonyl (C=O) groups is 1. The molecule has 0 fully saturated rings. The minimum Gasteiger partial charge on any atom is -0.363 e. The number of guanidine groups is 1. The van der Waals surface area contributed by atoms with Crippen LogP contribution in [0.25, 0.3) is 0 Å². The van der Waals surface area contributed by atoms with Crippen LogP contribution >= 0.6 is 24.0 Å². The number of nitrogens with zero attached hydrogens (tertiary/aromatic N) is 3. The number of fused-ring (bicyclic) bond motifs is 1. The van der Waals surface area contributed by atoms with E-state index in [2.05, 4.69) is 32.0 Å². The van der Waals surface area contributed by atoms with E-state index in [1.54, 1.807) is 13.2 Å². The van der Waals surface area contributed by atoms with Crippen LogP contribution in [-0.4, -0.2) is 44.5 Å². The maximum atomic E-state index is 12.0. The van der Waals surface area contributed by atoms with E-state index >= 15 is 0 Å². The molecule has 1 aliphatic rings.